The zero-order chi connectivity index (χ0) is 45.2. The van der Waals surface area contributed by atoms with Crippen molar-refractivity contribution in [3.8, 4) is 22.3 Å². The van der Waals surface area contributed by atoms with E-state index in [0.717, 1.165) is 5.69 Å². The number of thiophene rings is 3. The minimum absolute atomic E-state index is 1.14. The van der Waals surface area contributed by atoms with E-state index in [4.69, 9.17) is 0 Å². The minimum atomic E-state index is -2.68. The lowest BCUT2D eigenvalue weighted by Gasteiger charge is -2.31. The van der Waals surface area contributed by atoms with Crippen LogP contribution in [0.15, 0.2) is 237 Å². The Morgan fingerprint density at radius 2 is 0.841 bits per heavy atom. The van der Waals surface area contributed by atoms with Gasteiger partial charge in [-0.2, -0.15) is 0 Å². The first-order valence-electron chi connectivity index (χ1n) is 23.6. The largest absolute Gasteiger partial charge is 0.308 e. The van der Waals surface area contributed by atoms with Crippen molar-refractivity contribution < 1.29 is 0 Å². The van der Waals surface area contributed by atoms with Gasteiger partial charge in [0.05, 0.1) is 20.8 Å². The van der Waals surface area contributed by atoms with E-state index in [1.54, 1.807) is 0 Å². The molecule has 0 N–H and O–H groups in total. The van der Waals surface area contributed by atoms with Crippen molar-refractivity contribution in [2.24, 2.45) is 0 Å². The van der Waals surface area contributed by atoms with Crippen molar-refractivity contribution in [1.29, 1.82) is 0 Å². The van der Waals surface area contributed by atoms with Gasteiger partial charge in [-0.05, 0) is 102 Å². The maximum absolute atomic E-state index is 2.68. The summed E-state index contributed by atoms with van der Waals surface area (Å²) in [5, 5.41) is 16.3. The molecule has 0 saturated carbocycles. The molecule has 5 heteroatoms. The topological polar surface area (TPSA) is 3.24 Å². The summed E-state index contributed by atoms with van der Waals surface area (Å²) < 4.78 is 7.84. The van der Waals surface area contributed by atoms with E-state index in [1.165, 1.54) is 126 Å². The number of fused-ring (bicyclic) bond motifs is 15. The molecule has 11 aromatic carbocycles. The van der Waals surface area contributed by atoms with Crippen molar-refractivity contribution in [1.82, 2.24) is 0 Å². The normalized spacial score (nSPS) is 13.0. The first kappa shape index (κ1) is 39.4. The Morgan fingerprint density at radius 3 is 1.51 bits per heavy atom. The van der Waals surface area contributed by atoms with Crippen LogP contribution in [0.4, 0.5) is 17.1 Å². The zero-order valence-electron chi connectivity index (χ0n) is 37.2. The van der Waals surface area contributed by atoms with Gasteiger partial charge in [0, 0.05) is 56.8 Å². The number of rotatable bonds is 6. The average molecular weight is 946 g/mol. The standard InChI is InChI=1S/C64H39NS3Si/c1-3-16-43(17-4-1)69(44-18-5-2-6-19-44)57-31-12-9-22-50(57)61-58(69)39-35-41-34-38-56-62(59(41)61)60-45(23-15-30-55(60)66-56)40-32-36-42(37-33-40)65(51-26-13-24-48-46-20-7-10-28-53(46)67-63(48)51)52-27-14-25-49-47-21-8-11-29-54(47)68-64(49)52/h1-39H. The SMILES string of the molecule is c1ccc([Si]2(c3ccccc3)c3ccccc3-c3c2ccc2ccc4sc5cccc(-c6ccc(N(c7cccc8c7sc7ccccc78)c7cccc8c7sc7ccccc78)cc6)c5c4c32)cc1. The van der Waals surface area contributed by atoms with Gasteiger partial charge >= 0.3 is 0 Å². The molecule has 0 radical (unpaired) electrons. The molecular weight excluding hydrogens is 907 g/mol. The highest BCUT2D eigenvalue weighted by molar-refractivity contribution is 7.27. The minimum Gasteiger partial charge on any atom is -0.308 e. The van der Waals surface area contributed by atoms with Crippen LogP contribution in [0.5, 0.6) is 0 Å². The lowest BCUT2D eigenvalue weighted by molar-refractivity contribution is 1.32. The highest BCUT2D eigenvalue weighted by Crippen LogP contribution is 2.51. The van der Waals surface area contributed by atoms with Gasteiger partial charge in [-0.25, -0.2) is 0 Å². The summed E-state index contributed by atoms with van der Waals surface area (Å²) in [7, 11) is -2.68. The predicted octanol–water partition coefficient (Wildman–Crippen LogP) is 16.4. The third-order valence-corrected chi connectivity index (χ3v) is 23.2. The van der Waals surface area contributed by atoms with Crippen LogP contribution < -0.4 is 25.6 Å². The van der Waals surface area contributed by atoms with Crippen LogP contribution in [0.25, 0.3) is 93.5 Å². The van der Waals surface area contributed by atoms with E-state index in [0.29, 0.717) is 0 Å². The molecule has 0 saturated heterocycles. The fraction of sp³-hybridized carbons (Fsp3) is 0. The van der Waals surface area contributed by atoms with Gasteiger partial charge < -0.3 is 4.90 Å². The van der Waals surface area contributed by atoms with Crippen LogP contribution in [0.2, 0.25) is 0 Å². The van der Waals surface area contributed by atoms with E-state index >= 15 is 0 Å². The third kappa shape index (κ3) is 5.61. The molecule has 1 nitrogen and oxygen atoms in total. The number of benzene rings is 11. The first-order valence-corrected chi connectivity index (χ1v) is 28.0. The number of anilines is 3. The van der Waals surface area contributed by atoms with E-state index in [2.05, 4.69) is 241 Å². The lowest BCUT2D eigenvalue weighted by atomic mass is 9.92. The fourth-order valence-electron chi connectivity index (χ4n) is 11.9. The van der Waals surface area contributed by atoms with Crippen LogP contribution in [0.1, 0.15) is 0 Å². The lowest BCUT2D eigenvalue weighted by Crippen LogP contribution is -2.72. The maximum Gasteiger partial charge on any atom is 0.180 e. The number of hydrogen-bond acceptors (Lipinski definition) is 4. The molecule has 1 aliphatic rings. The van der Waals surface area contributed by atoms with Crippen LogP contribution in [-0.4, -0.2) is 8.07 Å². The second kappa shape index (κ2) is 15.2. The second-order valence-corrected chi connectivity index (χ2v) is 25.1. The van der Waals surface area contributed by atoms with Crippen molar-refractivity contribution >= 4 is 151 Å². The molecule has 15 rings (SSSR count). The maximum atomic E-state index is 2.52. The van der Waals surface area contributed by atoms with Crippen LogP contribution >= 0.6 is 34.0 Å². The summed E-state index contributed by atoms with van der Waals surface area (Å²) in [4.78, 5) is 2.52. The zero-order valence-corrected chi connectivity index (χ0v) is 40.6. The van der Waals surface area contributed by atoms with E-state index < -0.39 is 8.07 Å². The van der Waals surface area contributed by atoms with Crippen LogP contribution in [0.3, 0.4) is 0 Å². The van der Waals surface area contributed by atoms with E-state index in [-0.39, 0.29) is 0 Å². The number of nitrogens with zero attached hydrogens (tertiary/aromatic N) is 1. The molecule has 0 atom stereocenters. The first-order chi connectivity index (χ1) is 34.2. The Labute approximate surface area is 412 Å². The molecule has 14 aromatic rings. The monoisotopic (exact) mass is 945 g/mol. The van der Waals surface area contributed by atoms with Crippen LogP contribution in [-0.2, 0) is 0 Å². The van der Waals surface area contributed by atoms with Gasteiger partial charge in [0.2, 0.25) is 0 Å². The Kier molecular flexibility index (Phi) is 8.66. The van der Waals surface area contributed by atoms with Gasteiger partial charge in [0.25, 0.3) is 0 Å². The summed E-state index contributed by atoms with van der Waals surface area (Å²) in [5.74, 6) is 0. The molecule has 0 amide bonds. The summed E-state index contributed by atoms with van der Waals surface area (Å²) in [6.45, 7) is 0. The number of hydrogen-bond donors (Lipinski definition) is 0. The van der Waals surface area contributed by atoms with E-state index in [9.17, 15) is 0 Å². The smallest absolute Gasteiger partial charge is 0.180 e. The van der Waals surface area contributed by atoms with Gasteiger partial charge in [-0.15, -0.1) is 34.0 Å². The van der Waals surface area contributed by atoms with Crippen molar-refractivity contribution in [3.05, 3.63) is 237 Å². The predicted molar refractivity (Wildman–Crippen MR) is 305 cm³/mol. The summed E-state index contributed by atoms with van der Waals surface area (Å²) in [6.07, 6.45) is 0. The Bertz CT molecular complexity index is 4220. The molecule has 69 heavy (non-hydrogen) atoms. The average Bonchev–Trinajstić information content (AvgIpc) is 4.18. The van der Waals surface area contributed by atoms with Gasteiger partial charge in [-0.3, -0.25) is 0 Å². The molecule has 0 fully saturated rings. The highest BCUT2D eigenvalue weighted by atomic mass is 32.1. The Morgan fingerprint density at radius 1 is 0.319 bits per heavy atom. The van der Waals surface area contributed by atoms with Gasteiger partial charge in [0.15, 0.2) is 8.07 Å². The molecule has 4 heterocycles. The van der Waals surface area contributed by atoms with Gasteiger partial charge in [0.1, 0.15) is 0 Å². The molecule has 0 aliphatic carbocycles. The summed E-state index contributed by atoms with van der Waals surface area (Å²) >= 11 is 5.69. The molecule has 0 bridgehead atoms. The van der Waals surface area contributed by atoms with Crippen LogP contribution in [0, 0.1) is 0 Å². The van der Waals surface area contributed by atoms with Crippen molar-refractivity contribution in [2.75, 3.05) is 4.90 Å². The molecule has 0 spiro atoms. The van der Waals surface area contributed by atoms with E-state index in [1.807, 2.05) is 34.0 Å². The summed E-state index contributed by atoms with van der Waals surface area (Å²) in [6, 6.07) is 89.4. The molecule has 1 aliphatic heterocycles. The van der Waals surface area contributed by atoms with Gasteiger partial charge in [-0.1, -0.05) is 188 Å². The quantitative estimate of drug-likeness (QED) is 0.150. The molecular formula is C64H39NS3Si. The van der Waals surface area contributed by atoms with Crippen molar-refractivity contribution in [2.45, 2.75) is 0 Å². The molecule has 322 valence electrons. The third-order valence-electron chi connectivity index (χ3n) is 14.7. The Hall–Kier alpha value is -7.64. The highest BCUT2D eigenvalue weighted by Gasteiger charge is 2.49. The summed E-state index contributed by atoms with van der Waals surface area (Å²) in [5.41, 5.74) is 8.78. The molecule has 0 unspecified atom stereocenters. The second-order valence-electron chi connectivity index (χ2n) is 18.2. The van der Waals surface area contributed by atoms with Crippen molar-refractivity contribution in [3.63, 3.8) is 0 Å². The Balaban J connectivity index is 0.963. The molecule has 3 aromatic heterocycles. The fourth-order valence-corrected chi connectivity index (χ4v) is 20.6.